The van der Waals surface area contributed by atoms with Gasteiger partial charge in [-0.2, -0.15) is 0 Å². The Hall–Kier alpha value is -0.160. The van der Waals surface area contributed by atoms with Crippen LogP contribution in [0.2, 0.25) is 0 Å². The van der Waals surface area contributed by atoms with Gasteiger partial charge in [0, 0.05) is 19.9 Å². The van der Waals surface area contributed by atoms with Crippen LogP contribution in [0.1, 0.15) is 12.8 Å². The van der Waals surface area contributed by atoms with Gasteiger partial charge in [-0.05, 0) is 12.8 Å². The zero-order valence-corrected chi connectivity index (χ0v) is 6.06. The SMILES string of the molecule is OCCCC1NCNCN1. The van der Waals surface area contributed by atoms with Gasteiger partial charge < -0.3 is 5.11 Å². The van der Waals surface area contributed by atoms with Crippen molar-refractivity contribution in [3.8, 4) is 0 Å². The predicted octanol–water partition coefficient (Wildman–Crippen LogP) is -1.22. The summed E-state index contributed by atoms with van der Waals surface area (Å²) in [5.41, 5.74) is 0. The molecule has 1 heterocycles. The molecule has 10 heavy (non-hydrogen) atoms. The highest BCUT2D eigenvalue weighted by Gasteiger charge is 2.08. The van der Waals surface area contributed by atoms with E-state index < -0.39 is 0 Å². The fourth-order valence-corrected chi connectivity index (χ4v) is 1.02. The third-order valence-electron chi connectivity index (χ3n) is 1.60. The van der Waals surface area contributed by atoms with Gasteiger partial charge in [-0.3, -0.25) is 16.0 Å². The Morgan fingerprint density at radius 3 is 2.60 bits per heavy atom. The van der Waals surface area contributed by atoms with Crippen LogP contribution >= 0.6 is 0 Å². The molecule has 0 bridgehead atoms. The number of aliphatic hydroxyl groups is 1. The molecule has 0 saturated carbocycles. The molecule has 4 N–H and O–H groups in total. The van der Waals surface area contributed by atoms with Crippen LogP contribution in [0.15, 0.2) is 0 Å². The first-order chi connectivity index (χ1) is 4.93. The van der Waals surface area contributed by atoms with Crippen molar-refractivity contribution in [1.82, 2.24) is 16.0 Å². The first-order valence-corrected chi connectivity index (χ1v) is 3.72. The molecule has 0 unspecified atom stereocenters. The second-order valence-electron chi connectivity index (χ2n) is 2.43. The van der Waals surface area contributed by atoms with E-state index in [9.17, 15) is 0 Å². The molecule has 1 aliphatic heterocycles. The lowest BCUT2D eigenvalue weighted by atomic mass is 10.2. The average Bonchev–Trinajstić information content (AvgIpc) is 2.03. The minimum absolute atomic E-state index is 0.285. The van der Waals surface area contributed by atoms with Gasteiger partial charge in [0.2, 0.25) is 0 Å². The molecule has 0 amide bonds. The van der Waals surface area contributed by atoms with E-state index in [0.29, 0.717) is 6.17 Å². The van der Waals surface area contributed by atoms with E-state index in [1.165, 1.54) is 0 Å². The highest BCUT2D eigenvalue weighted by molar-refractivity contribution is 4.66. The van der Waals surface area contributed by atoms with Gasteiger partial charge in [-0.1, -0.05) is 0 Å². The molecule has 0 atom stereocenters. The molecule has 0 spiro atoms. The second-order valence-corrected chi connectivity index (χ2v) is 2.43. The zero-order valence-electron chi connectivity index (χ0n) is 6.06. The quantitative estimate of drug-likeness (QED) is 0.402. The maximum atomic E-state index is 8.53. The third-order valence-corrected chi connectivity index (χ3v) is 1.60. The van der Waals surface area contributed by atoms with E-state index in [0.717, 1.165) is 26.2 Å². The van der Waals surface area contributed by atoms with Crippen molar-refractivity contribution in [2.45, 2.75) is 19.0 Å². The predicted molar refractivity (Wildman–Crippen MR) is 39.2 cm³/mol. The van der Waals surface area contributed by atoms with Gasteiger partial charge in [-0.15, -0.1) is 0 Å². The van der Waals surface area contributed by atoms with Crippen molar-refractivity contribution < 1.29 is 5.11 Å². The molecule has 0 aromatic carbocycles. The maximum absolute atomic E-state index is 8.53. The van der Waals surface area contributed by atoms with Crippen LogP contribution in [0.4, 0.5) is 0 Å². The Bertz CT molecular complexity index is 83.1. The van der Waals surface area contributed by atoms with Gasteiger partial charge in [0.1, 0.15) is 0 Å². The summed E-state index contributed by atoms with van der Waals surface area (Å²) in [5, 5.41) is 18.1. The van der Waals surface area contributed by atoms with Crippen LogP contribution in [0, 0.1) is 0 Å². The standard InChI is InChI=1S/C6H15N3O/c10-3-1-2-6-8-4-7-5-9-6/h6-10H,1-5H2. The van der Waals surface area contributed by atoms with Crippen molar-refractivity contribution in [1.29, 1.82) is 0 Å². The lowest BCUT2D eigenvalue weighted by Crippen LogP contribution is -2.55. The van der Waals surface area contributed by atoms with Crippen LogP contribution in [0.5, 0.6) is 0 Å². The Kier molecular flexibility index (Phi) is 3.67. The van der Waals surface area contributed by atoms with E-state index in [2.05, 4.69) is 16.0 Å². The summed E-state index contributed by atoms with van der Waals surface area (Å²) in [6.07, 6.45) is 2.25. The smallest absolute Gasteiger partial charge is 0.0592 e. The van der Waals surface area contributed by atoms with Crippen molar-refractivity contribution in [3.05, 3.63) is 0 Å². The second kappa shape index (κ2) is 4.62. The average molecular weight is 145 g/mol. The summed E-state index contributed by atoms with van der Waals surface area (Å²) >= 11 is 0. The van der Waals surface area contributed by atoms with Gasteiger partial charge >= 0.3 is 0 Å². The van der Waals surface area contributed by atoms with E-state index in [1.807, 2.05) is 0 Å². The monoisotopic (exact) mass is 145 g/mol. The Morgan fingerprint density at radius 1 is 1.30 bits per heavy atom. The number of hydrogen-bond donors (Lipinski definition) is 4. The van der Waals surface area contributed by atoms with Crippen LogP contribution in [-0.2, 0) is 0 Å². The number of nitrogens with one attached hydrogen (secondary N) is 3. The first-order valence-electron chi connectivity index (χ1n) is 3.72. The lowest BCUT2D eigenvalue weighted by Gasteiger charge is -2.25. The van der Waals surface area contributed by atoms with Gasteiger partial charge in [-0.25, -0.2) is 0 Å². The van der Waals surface area contributed by atoms with E-state index in [4.69, 9.17) is 5.11 Å². The summed E-state index contributed by atoms with van der Waals surface area (Å²) in [6, 6.07) is 0. The van der Waals surface area contributed by atoms with Crippen molar-refractivity contribution in [3.63, 3.8) is 0 Å². The summed E-state index contributed by atoms with van der Waals surface area (Å²) in [4.78, 5) is 0. The Balaban J connectivity index is 2.02. The van der Waals surface area contributed by atoms with Crippen molar-refractivity contribution >= 4 is 0 Å². The molecule has 4 nitrogen and oxygen atoms in total. The fourth-order valence-electron chi connectivity index (χ4n) is 1.02. The number of aliphatic hydroxyl groups excluding tert-OH is 1. The summed E-state index contributed by atoms with van der Waals surface area (Å²) in [5.74, 6) is 0. The molecule has 0 radical (unpaired) electrons. The molecule has 0 aromatic heterocycles. The molecule has 1 saturated heterocycles. The van der Waals surface area contributed by atoms with Gasteiger partial charge in [0.25, 0.3) is 0 Å². The van der Waals surface area contributed by atoms with Crippen molar-refractivity contribution in [2.24, 2.45) is 0 Å². The van der Waals surface area contributed by atoms with Crippen LogP contribution < -0.4 is 16.0 Å². The third kappa shape index (κ3) is 2.62. The largest absolute Gasteiger partial charge is 0.396 e. The molecule has 1 fully saturated rings. The molecular weight excluding hydrogens is 130 g/mol. The maximum Gasteiger partial charge on any atom is 0.0592 e. The van der Waals surface area contributed by atoms with Crippen LogP contribution in [-0.4, -0.2) is 31.2 Å². The van der Waals surface area contributed by atoms with Gasteiger partial charge in [0.15, 0.2) is 0 Å². The molecule has 1 rings (SSSR count). The molecule has 0 aromatic rings. The minimum atomic E-state index is 0.285. The summed E-state index contributed by atoms with van der Waals surface area (Å²) < 4.78 is 0. The Labute approximate surface area is 61.0 Å². The Morgan fingerprint density at radius 2 is 2.00 bits per heavy atom. The zero-order chi connectivity index (χ0) is 7.23. The lowest BCUT2D eigenvalue weighted by molar-refractivity contribution is 0.253. The normalized spacial score (nSPS) is 21.3. The number of rotatable bonds is 3. The highest BCUT2D eigenvalue weighted by Crippen LogP contribution is 1.93. The minimum Gasteiger partial charge on any atom is -0.396 e. The molecule has 60 valence electrons. The molecule has 1 aliphatic rings. The topological polar surface area (TPSA) is 56.3 Å². The molecule has 4 heteroatoms. The summed E-state index contributed by atoms with van der Waals surface area (Å²) in [7, 11) is 0. The van der Waals surface area contributed by atoms with E-state index in [-0.39, 0.29) is 6.61 Å². The number of hydrogen-bond acceptors (Lipinski definition) is 4. The molecule has 0 aliphatic carbocycles. The van der Waals surface area contributed by atoms with E-state index in [1.54, 1.807) is 0 Å². The van der Waals surface area contributed by atoms with Crippen LogP contribution in [0.3, 0.4) is 0 Å². The first kappa shape index (κ1) is 7.94. The fraction of sp³-hybridized carbons (Fsp3) is 1.00. The summed E-state index contributed by atoms with van der Waals surface area (Å²) in [6.45, 7) is 2.01. The van der Waals surface area contributed by atoms with E-state index >= 15 is 0 Å². The van der Waals surface area contributed by atoms with Crippen molar-refractivity contribution in [2.75, 3.05) is 19.9 Å². The van der Waals surface area contributed by atoms with Gasteiger partial charge in [0.05, 0.1) is 6.17 Å². The highest BCUT2D eigenvalue weighted by atomic mass is 16.2. The molecular formula is C6H15N3O. The van der Waals surface area contributed by atoms with Crippen LogP contribution in [0.25, 0.3) is 0 Å².